The van der Waals surface area contributed by atoms with E-state index >= 15 is 0 Å². The summed E-state index contributed by atoms with van der Waals surface area (Å²) in [6, 6.07) is 16.1. The van der Waals surface area contributed by atoms with Crippen molar-refractivity contribution in [2.75, 3.05) is 26.2 Å². The van der Waals surface area contributed by atoms with Crippen LogP contribution >= 0.6 is 0 Å². The maximum atomic E-state index is 13.1. The number of nitrogens with one attached hydrogen (secondary N) is 1. The van der Waals surface area contributed by atoms with E-state index in [-0.39, 0.29) is 11.8 Å². The molecule has 0 saturated carbocycles. The lowest BCUT2D eigenvalue weighted by molar-refractivity contribution is -0.132. The summed E-state index contributed by atoms with van der Waals surface area (Å²) in [5, 5.41) is 8.71. The van der Waals surface area contributed by atoms with Gasteiger partial charge in [-0.3, -0.25) is 14.7 Å². The van der Waals surface area contributed by atoms with Crippen molar-refractivity contribution in [3.05, 3.63) is 65.4 Å². The number of hydrogen-bond acceptors (Lipinski definition) is 3. The first-order valence-electron chi connectivity index (χ1n) is 16.2. The van der Waals surface area contributed by atoms with E-state index in [9.17, 15) is 9.59 Å². The Morgan fingerprint density at radius 3 is 1.95 bits per heavy atom. The first-order chi connectivity index (χ1) is 20.2. The van der Waals surface area contributed by atoms with Gasteiger partial charge in [-0.05, 0) is 43.0 Å². The number of para-hydroxylation sites is 1. The number of carbonyl (C=O) groups is 2. The molecule has 2 heterocycles. The average molecular weight is 559 g/mol. The van der Waals surface area contributed by atoms with Crippen LogP contribution in [0.2, 0.25) is 0 Å². The quantitative estimate of drug-likeness (QED) is 0.172. The molecule has 0 spiro atoms. The molecular weight excluding hydrogens is 508 g/mol. The number of aromatic nitrogens is 2. The van der Waals surface area contributed by atoms with Gasteiger partial charge in [0.1, 0.15) is 0 Å². The number of rotatable bonds is 17. The lowest BCUT2D eigenvalue weighted by Gasteiger charge is -2.35. The summed E-state index contributed by atoms with van der Waals surface area (Å²) < 4.78 is 0. The molecular formula is C35H50N4O2. The van der Waals surface area contributed by atoms with E-state index in [0.717, 1.165) is 42.5 Å². The molecule has 1 fully saturated rings. The number of H-pyrrole nitrogens is 1. The number of benzene rings is 2. The molecule has 1 aromatic heterocycles. The molecule has 6 nitrogen and oxygen atoms in total. The maximum Gasteiger partial charge on any atom is 0.253 e. The second kappa shape index (κ2) is 17.0. The van der Waals surface area contributed by atoms with Gasteiger partial charge in [0, 0.05) is 49.2 Å². The number of fused-ring (bicyclic) bond motifs is 1. The minimum Gasteiger partial charge on any atom is -0.339 e. The zero-order valence-electron chi connectivity index (χ0n) is 25.2. The zero-order valence-corrected chi connectivity index (χ0v) is 25.2. The minimum atomic E-state index is 0.0594. The Morgan fingerprint density at radius 1 is 0.707 bits per heavy atom. The number of nitrogens with zero attached hydrogens (tertiary/aromatic N) is 3. The summed E-state index contributed by atoms with van der Waals surface area (Å²) in [6.07, 6.45) is 18.1. The molecule has 2 amide bonds. The van der Waals surface area contributed by atoms with Crippen LogP contribution in [0.3, 0.4) is 0 Å². The number of aryl methyl sites for hydroxylation is 2. The predicted molar refractivity (Wildman–Crippen MR) is 168 cm³/mol. The Morgan fingerprint density at radius 2 is 1.29 bits per heavy atom. The molecule has 0 bridgehead atoms. The standard InChI is InChI=1S/C35H50N4O2/c1-2-3-4-5-6-7-8-9-10-11-12-13-18-34(40)38-25-27-39(28-26-38)35(41)30-22-19-29(20-23-30)21-24-33-31-16-14-15-17-32(31)36-37-33/h14-17,19-20,22-23H,2-13,18,21,24-28H2,1H3,(H,36,37). The van der Waals surface area contributed by atoms with Gasteiger partial charge in [-0.1, -0.05) is 108 Å². The summed E-state index contributed by atoms with van der Waals surface area (Å²) in [5.74, 6) is 0.308. The van der Waals surface area contributed by atoms with Gasteiger partial charge >= 0.3 is 0 Å². The number of aromatic amines is 1. The van der Waals surface area contributed by atoms with Crippen molar-refractivity contribution < 1.29 is 9.59 Å². The lowest BCUT2D eigenvalue weighted by Crippen LogP contribution is -2.50. The third-order valence-electron chi connectivity index (χ3n) is 8.57. The van der Waals surface area contributed by atoms with Gasteiger partial charge in [-0.15, -0.1) is 0 Å². The number of unbranched alkanes of at least 4 members (excludes halogenated alkanes) is 11. The van der Waals surface area contributed by atoms with Crippen LogP contribution in [0.25, 0.3) is 10.9 Å². The molecule has 0 aliphatic carbocycles. The third kappa shape index (κ3) is 9.72. The normalized spacial score (nSPS) is 13.7. The molecule has 1 N–H and O–H groups in total. The summed E-state index contributed by atoms with van der Waals surface area (Å²) in [7, 11) is 0. The highest BCUT2D eigenvalue weighted by molar-refractivity contribution is 5.94. The van der Waals surface area contributed by atoms with Gasteiger partial charge in [0.15, 0.2) is 0 Å². The molecule has 1 aliphatic rings. The third-order valence-corrected chi connectivity index (χ3v) is 8.57. The van der Waals surface area contributed by atoms with Crippen LogP contribution < -0.4 is 0 Å². The molecule has 3 aromatic rings. The average Bonchev–Trinajstić information content (AvgIpc) is 3.43. The highest BCUT2D eigenvalue weighted by atomic mass is 16.2. The monoisotopic (exact) mass is 558 g/mol. The molecule has 1 aliphatic heterocycles. The van der Waals surface area contributed by atoms with Gasteiger partial charge in [0.05, 0.1) is 5.52 Å². The molecule has 0 atom stereocenters. The highest BCUT2D eigenvalue weighted by Crippen LogP contribution is 2.18. The van der Waals surface area contributed by atoms with E-state index in [1.165, 1.54) is 75.2 Å². The van der Waals surface area contributed by atoms with Crippen LogP contribution in [-0.4, -0.2) is 58.0 Å². The van der Waals surface area contributed by atoms with Crippen LogP contribution in [0.1, 0.15) is 112 Å². The van der Waals surface area contributed by atoms with Crippen molar-refractivity contribution in [1.82, 2.24) is 20.0 Å². The second-order valence-corrected chi connectivity index (χ2v) is 11.7. The summed E-state index contributed by atoms with van der Waals surface area (Å²) in [5.41, 5.74) is 4.06. The van der Waals surface area contributed by atoms with Crippen molar-refractivity contribution >= 4 is 22.7 Å². The van der Waals surface area contributed by atoms with E-state index in [4.69, 9.17) is 0 Å². The molecule has 6 heteroatoms. The van der Waals surface area contributed by atoms with E-state index in [2.05, 4.69) is 35.3 Å². The van der Waals surface area contributed by atoms with Crippen LogP contribution in [-0.2, 0) is 17.6 Å². The summed E-state index contributed by atoms with van der Waals surface area (Å²) in [4.78, 5) is 29.6. The topological polar surface area (TPSA) is 69.3 Å². The molecule has 4 rings (SSSR count). The van der Waals surface area contributed by atoms with Gasteiger partial charge in [0.2, 0.25) is 5.91 Å². The number of carbonyl (C=O) groups excluding carboxylic acids is 2. The first-order valence-corrected chi connectivity index (χ1v) is 16.2. The fourth-order valence-corrected chi connectivity index (χ4v) is 5.90. The van der Waals surface area contributed by atoms with Crippen molar-refractivity contribution in [2.45, 2.75) is 103 Å². The van der Waals surface area contributed by atoms with Crippen molar-refractivity contribution in [3.8, 4) is 0 Å². The van der Waals surface area contributed by atoms with Crippen LogP contribution in [0.5, 0.6) is 0 Å². The largest absolute Gasteiger partial charge is 0.339 e. The SMILES string of the molecule is CCCCCCCCCCCCCCC(=O)N1CCN(C(=O)c2ccc(CCc3[nH]nc4ccccc34)cc2)CC1. The van der Waals surface area contributed by atoms with Gasteiger partial charge in [0.25, 0.3) is 5.91 Å². The van der Waals surface area contributed by atoms with Gasteiger partial charge in [-0.25, -0.2) is 0 Å². The number of hydrogen-bond donors (Lipinski definition) is 1. The predicted octanol–water partition coefficient (Wildman–Crippen LogP) is 7.72. The Kier molecular flexibility index (Phi) is 12.7. The van der Waals surface area contributed by atoms with E-state index in [0.29, 0.717) is 32.6 Å². The second-order valence-electron chi connectivity index (χ2n) is 11.7. The zero-order chi connectivity index (χ0) is 28.7. The fraction of sp³-hybridized carbons (Fsp3) is 0.571. The molecule has 2 aromatic carbocycles. The number of piperazine rings is 1. The van der Waals surface area contributed by atoms with E-state index in [1.54, 1.807) is 0 Å². The van der Waals surface area contributed by atoms with E-state index < -0.39 is 0 Å². The van der Waals surface area contributed by atoms with Gasteiger partial charge in [-0.2, -0.15) is 5.10 Å². The molecule has 1 saturated heterocycles. The molecule has 0 radical (unpaired) electrons. The van der Waals surface area contributed by atoms with Gasteiger partial charge < -0.3 is 9.80 Å². The molecule has 0 unspecified atom stereocenters. The summed E-state index contributed by atoms with van der Waals surface area (Å²) >= 11 is 0. The molecule has 222 valence electrons. The first kappa shape index (κ1) is 30.8. The summed E-state index contributed by atoms with van der Waals surface area (Å²) in [6.45, 7) is 4.76. The van der Waals surface area contributed by atoms with Crippen LogP contribution in [0.4, 0.5) is 0 Å². The smallest absolute Gasteiger partial charge is 0.253 e. The Bertz CT molecular complexity index is 1190. The highest BCUT2D eigenvalue weighted by Gasteiger charge is 2.24. The Balaban J connectivity index is 1.07. The Hall–Kier alpha value is -3.15. The van der Waals surface area contributed by atoms with Crippen molar-refractivity contribution in [1.29, 1.82) is 0 Å². The Labute approximate surface area is 246 Å². The maximum absolute atomic E-state index is 13.1. The van der Waals surface area contributed by atoms with Crippen molar-refractivity contribution in [2.24, 2.45) is 0 Å². The van der Waals surface area contributed by atoms with Crippen LogP contribution in [0, 0.1) is 0 Å². The van der Waals surface area contributed by atoms with E-state index in [1.807, 2.05) is 40.1 Å². The van der Waals surface area contributed by atoms with Crippen molar-refractivity contribution in [3.63, 3.8) is 0 Å². The lowest BCUT2D eigenvalue weighted by atomic mass is 10.0. The number of amides is 2. The minimum absolute atomic E-state index is 0.0594. The molecule has 41 heavy (non-hydrogen) atoms. The van der Waals surface area contributed by atoms with Crippen LogP contribution in [0.15, 0.2) is 48.5 Å². The fourth-order valence-electron chi connectivity index (χ4n) is 5.90.